The fraction of sp³-hybridized carbons (Fsp3) is 0.300. The van der Waals surface area contributed by atoms with Crippen LogP contribution in [-0.4, -0.2) is 32.6 Å². The van der Waals surface area contributed by atoms with Crippen molar-refractivity contribution in [3.8, 4) is 11.3 Å². The number of nitrogens with zero attached hydrogens (tertiary/aromatic N) is 3. The molecule has 26 heavy (non-hydrogen) atoms. The molecule has 0 saturated carbocycles. The predicted molar refractivity (Wildman–Crippen MR) is 107 cm³/mol. The number of H-pyrrole nitrogens is 1. The van der Waals surface area contributed by atoms with Crippen LogP contribution in [0, 0.1) is 0 Å². The summed E-state index contributed by atoms with van der Waals surface area (Å²) in [5.41, 5.74) is 6.33. The Morgan fingerprint density at radius 3 is 2.85 bits per heavy atom. The van der Waals surface area contributed by atoms with Crippen LogP contribution < -0.4 is 10.6 Å². The zero-order chi connectivity index (χ0) is 18.3. The van der Waals surface area contributed by atoms with Crippen molar-refractivity contribution < 1.29 is 0 Å². The molecule has 0 aliphatic carbocycles. The average molecular weight is 348 g/mol. The quantitative estimate of drug-likeness (QED) is 0.515. The number of imidazole rings is 1. The number of aryl methyl sites for hydroxylation is 1. The molecule has 0 unspecified atom stereocenters. The number of hydrogen-bond acceptors (Lipinski definition) is 4. The molecule has 134 valence electrons. The van der Waals surface area contributed by atoms with Gasteiger partial charge in [-0.25, -0.2) is 9.97 Å². The van der Waals surface area contributed by atoms with Crippen LogP contribution >= 0.6 is 0 Å². The maximum absolute atomic E-state index is 4.71. The van der Waals surface area contributed by atoms with Gasteiger partial charge in [-0.2, -0.15) is 0 Å². The number of nitrogens with one attached hydrogen (secondary N) is 3. The van der Waals surface area contributed by atoms with Gasteiger partial charge in [0, 0.05) is 37.8 Å². The van der Waals surface area contributed by atoms with Crippen molar-refractivity contribution in [1.29, 1.82) is 0 Å². The van der Waals surface area contributed by atoms with Crippen LogP contribution in [0.4, 0.5) is 5.82 Å². The Labute approximate surface area is 152 Å². The minimum atomic E-state index is 0.467. The van der Waals surface area contributed by atoms with E-state index in [1.807, 2.05) is 25.0 Å². The van der Waals surface area contributed by atoms with E-state index in [1.54, 1.807) is 0 Å². The molecule has 0 fully saturated rings. The summed E-state index contributed by atoms with van der Waals surface area (Å²) in [6.07, 6.45) is 1.83. The van der Waals surface area contributed by atoms with Crippen LogP contribution in [-0.2, 0) is 13.6 Å². The second-order valence-corrected chi connectivity index (χ2v) is 6.94. The van der Waals surface area contributed by atoms with Gasteiger partial charge in [0.1, 0.15) is 11.2 Å². The van der Waals surface area contributed by atoms with E-state index >= 15 is 0 Å². The molecule has 0 saturated heterocycles. The number of pyridine rings is 1. The lowest BCUT2D eigenvalue weighted by atomic mass is 10.1. The van der Waals surface area contributed by atoms with Crippen LogP contribution in [0.2, 0.25) is 0 Å². The summed E-state index contributed by atoms with van der Waals surface area (Å²) in [4.78, 5) is 12.7. The Morgan fingerprint density at radius 2 is 2.08 bits per heavy atom. The molecule has 6 heteroatoms. The molecular weight excluding hydrogens is 324 g/mol. The van der Waals surface area contributed by atoms with Crippen molar-refractivity contribution in [1.82, 2.24) is 24.8 Å². The molecule has 0 amide bonds. The third kappa shape index (κ3) is 2.82. The molecule has 0 spiro atoms. The van der Waals surface area contributed by atoms with Crippen LogP contribution in [0.25, 0.3) is 33.3 Å². The monoisotopic (exact) mass is 348 g/mol. The maximum atomic E-state index is 4.71. The number of benzene rings is 1. The van der Waals surface area contributed by atoms with E-state index in [-0.39, 0.29) is 0 Å². The summed E-state index contributed by atoms with van der Waals surface area (Å²) in [6.45, 7) is 5.18. The Balaban J connectivity index is 1.82. The predicted octanol–water partition coefficient (Wildman–Crippen LogP) is 3.66. The average Bonchev–Trinajstić information content (AvgIpc) is 3.23. The van der Waals surface area contributed by atoms with Crippen molar-refractivity contribution in [2.24, 2.45) is 7.05 Å². The van der Waals surface area contributed by atoms with E-state index < -0.39 is 0 Å². The van der Waals surface area contributed by atoms with Crippen molar-refractivity contribution >= 4 is 27.9 Å². The van der Waals surface area contributed by atoms with Gasteiger partial charge in [0.2, 0.25) is 0 Å². The summed E-state index contributed by atoms with van der Waals surface area (Å²) < 4.78 is 2.04. The lowest BCUT2D eigenvalue weighted by Gasteiger charge is -2.09. The van der Waals surface area contributed by atoms with Crippen molar-refractivity contribution in [3.05, 3.63) is 42.2 Å². The van der Waals surface area contributed by atoms with Crippen LogP contribution in [0.5, 0.6) is 0 Å². The first-order chi connectivity index (χ1) is 12.6. The van der Waals surface area contributed by atoms with Crippen molar-refractivity contribution in [3.63, 3.8) is 0 Å². The van der Waals surface area contributed by atoms with E-state index in [2.05, 4.69) is 64.8 Å². The number of hydrogen-bond donors (Lipinski definition) is 3. The molecule has 6 nitrogen and oxygen atoms in total. The fourth-order valence-electron chi connectivity index (χ4n) is 3.30. The first kappa shape index (κ1) is 16.6. The molecular formula is C20H24N6. The topological polar surface area (TPSA) is 70.6 Å². The molecule has 0 aliphatic heterocycles. The fourth-order valence-corrected chi connectivity index (χ4v) is 3.30. The first-order valence-corrected chi connectivity index (χ1v) is 8.91. The highest BCUT2D eigenvalue weighted by Crippen LogP contribution is 2.31. The lowest BCUT2D eigenvalue weighted by molar-refractivity contribution is 0.589. The Bertz CT molecular complexity index is 1070. The maximum Gasteiger partial charge on any atom is 0.156 e. The van der Waals surface area contributed by atoms with E-state index in [0.717, 1.165) is 45.7 Å². The molecule has 3 N–H and O–H groups in total. The molecule has 4 aromatic rings. The van der Waals surface area contributed by atoms with E-state index in [0.29, 0.717) is 6.04 Å². The van der Waals surface area contributed by atoms with Gasteiger partial charge in [-0.15, -0.1) is 0 Å². The Hall–Kier alpha value is -2.86. The number of aromatic amines is 1. The standard InChI is InChI=1S/C20H24N6/c1-12(2)22-10-13-6-5-7-14(8-13)16-9-15-18-17(23-11-26(18)4)20(21-3)25-19(15)24-16/h5-9,11-12,22H,10H2,1-4H3,(H2,21,24,25). The molecule has 0 radical (unpaired) electrons. The highest BCUT2D eigenvalue weighted by atomic mass is 15.1. The van der Waals surface area contributed by atoms with Gasteiger partial charge in [-0.3, -0.25) is 0 Å². The number of anilines is 1. The van der Waals surface area contributed by atoms with Gasteiger partial charge in [0.15, 0.2) is 5.82 Å². The second-order valence-electron chi connectivity index (χ2n) is 6.94. The van der Waals surface area contributed by atoms with Gasteiger partial charge in [0.25, 0.3) is 0 Å². The summed E-state index contributed by atoms with van der Waals surface area (Å²) >= 11 is 0. The van der Waals surface area contributed by atoms with Gasteiger partial charge >= 0.3 is 0 Å². The largest absolute Gasteiger partial charge is 0.371 e. The van der Waals surface area contributed by atoms with Gasteiger partial charge in [-0.05, 0) is 23.3 Å². The zero-order valence-corrected chi connectivity index (χ0v) is 15.6. The van der Waals surface area contributed by atoms with Gasteiger partial charge in [0.05, 0.1) is 11.8 Å². The number of aromatic nitrogens is 4. The minimum Gasteiger partial charge on any atom is -0.371 e. The summed E-state index contributed by atoms with van der Waals surface area (Å²) in [6, 6.07) is 11.2. The van der Waals surface area contributed by atoms with Gasteiger partial charge < -0.3 is 20.2 Å². The van der Waals surface area contributed by atoms with Crippen LogP contribution in [0.3, 0.4) is 0 Å². The summed E-state index contributed by atoms with van der Waals surface area (Å²) in [5, 5.41) is 7.70. The van der Waals surface area contributed by atoms with Gasteiger partial charge in [-0.1, -0.05) is 32.0 Å². The van der Waals surface area contributed by atoms with E-state index in [4.69, 9.17) is 4.98 Å². The molecule has 4 rings (SSSR count). The normalized spacial score (nSPS) is 11.7. The molecule has 0 atom stereocenters. The first-order valence-electron chi connectivity index (χ1n) is 8.91. The lowest BCUT2D eigenvalue weighted by Crippen LogP contribution is -2.21. The SMILES string of the molecule is CNc1nc2[nH]c(-c3cccc(CNC(C)C)c3)cc2c2c1ncn2C. The second kappa shape index (κ2) is 6.46. The molecule has 0 aliphatic rings. The zero-order valence-electron chi connectivity index (χ0n) is 15.6. The third-order valence-electron chi connectivity index (χ3n) is 4.63. The Kier molecular flexibility index (Phi) is 4.12. The van der Waals surface area contributed by atoms with Crippen LogP contribution in [0.15, 0.2) is 36.7 Å². The number of rotatable bonds is 5. The highest BCUT2D eigenvalue weighted by molar-refractivity contribution is 6.07. The number of fused-ring (bicyclic) bond motifs is 3. The summed E-state index contributed by atoms with van der Waals surface area (Å²) in [7, 11) is 3.89. The highest BCUT2D eigenvalue weighted by Gasteiger charge is 2.15. The minimum absolute atomic E-state index is 0.467. The Morgan fingerprint density at radius 1 is 1.23 bits per heavy atom. The van der Waals surface area contributed by atoms with E-state index in [9.17, 15) is 0 Å². The molecule has 0 bridgehead atoms. The van der Waals surface area contributed by atoms with Crippen LogP contribution in [0.1, 0.15) is 19.4 Å². The molecule has 3 heterocycles. The van der Waals surface area contributed by atoms with E-state index in [1.165, 1.54) is 5.56 Å². The summed E-state index contributed by atoms with van der Waals surface area (Å²) in [5.74, 6) is 0.788. The third-order valence-corrected chi connectivity index (χ3v) is 4.63. The van der Waals surface area contributed by atoms with Crippen molar-refractivity contribution in [2.45, 2.75) is 26.4 Å². The molecule has 3 aromatic heterocycles. The molecule has 1 aromatic carbocycles. The van der Waals surface area contributed by atoms with Crippen molar-refractivity contribution in [2.75, 3.05) is 12.4 Å². The smallest absolute Gasteiger partial charge is 0.156 e.